The molecule has 1 fully saturated rings. The summed E-state index contributed by atoms with van der Waals surface area (Å²) in [5.41, 5.74) is 0.749. The Hall–Kier alpha value is -2.94. The van der Waals surface area contributed by atoms with Crippen molar-refractivity contribution in [2.75, 3.05) is 31.1 Å². The molecule has 0 unspecified atom stereocenters. The number of anilines is 1. The standard InChI is InChI=1S/C19H18F3N5O/c20-19(21,22)15-4-1-5-16(11-15)27-9-7-26(8-10-27)13-17-24-18(25-28-17)14-3-2-6-23-12-14/h1-6,11-12H,7-10,13H2. The zero-order valence-corrected chi connectivity index (χ0v) is 14.9. The van der Waals surface area contributed by atoms with Crippen molar-refractivity contribution < 1.29 is 17.7 Å². The number of alkyl halides is 3. The highest BCUT2D eigenvalue weighted by atomic mass is 19.4. The van der Waals surface area contributed by atoms with Gasteiger partial charge in [0.2, 0.25) is 11.7 Å². The van der Waals surface area contributed by atoms with E-state index in [2.05, 4.69) is 20.0 Å². The van der Waals surface area contributed by atoms with E-state index < -0.39 is 11.7 Å². The quantitative estimate of drug-likeness (QED) is 0.681. The molecule has 0 atom stereocenters. The summed E-state index contributed by atoms with van der Waals surface area (Å²) < 4.78 is 44.0. The average Bonchev–Trinajstić information content (AvgIpc) is 3.17. The van der Waals surface area contributed by atoms with Crippen molar-refractivity contribution in [1.29, 1.82) is 0 Å². The molecule has 6 nitrogen and oxygen atoms in total. The topological polar surface area (TPSA) is 58.3 Å². The Morgan fingerprint density at radius 1 is 1.04 bits per heavy atom. The Morgan fingerprint density at radius 2 is 1.86 bits per heavy atom. The molecule has 3 aromatic rings. The Morgan fingerprint density at radius 3 is 2.57 bits per heavy atom. The number of pyridine rings is 1. The molecule has 146 valence electrons. The van der Waals surface area contributed by atoms with Gasteiger partial charge in [0.15, 0.2) is 0 Å². The molecule has 0 bridgehead atoms. The minimum atomic E-state index is -4.33. The van der Waals surface area contributed by atoms with E-state index in [1.807, 2.05) is 11.0 Å². The number of halogens is 3. The largest absolute Gasteiger partial charge is 0.416 e. The number of aromatic nitrogens is 3. The van der Waals surface area contributed by atoms with Gasteiger partial charge in [0.1, 0.15) is 0 Å². The molecule has 0 radical (unpaired) electrons. The first-order valence-corrected chi connectivity index (χ1v) is 8.86. The van der Waals surface area contributed by atoms with Crippen molar-refractivity contribution >= 4 is 5.69 Å². The van der Waals surface area contributed by atoms with Crippen LogP contribution in [-0.4, -0.2) is 46.2 Å². The van der Waals surface area contributed by atoms with Crippen molar-refractivity contribution in [3.8, 4) is 11.4 Å². The third-order valence-electron chi connectivity index (χ3n) is 4.66. The zero-order chi connectivity index (χ0) is 19.6. The normalized spacial score (nSPS) is 15.8. The monoisotopic (exact) mass is 389 g/mol. The highest BCUT2D eigenvalue weighted by Crippen LogP contribution is 2.32. The molecule has 0 spiro atoms. The van der Waals surface area contributed by atoms with E-state index in [0.717, 1.165) is 11.6 Å². The van der Waals surface area contributed by atoms with Gasteiger partial charge in [-0.3, -0.25) is 9.88 Å². The maximum atomic E-state index is 12.9. The van der Waals surface area contributed by atoms with Crippen LogP contribution >= 0.6 is 0 Å². The molecule has 4 rings (SSSR count). The molecule has 1 aromatic carbocycles. The molecule has 2 aromatic heterocycles. The van der Waals surface area contributed by atoms with Gasteiger partial charge in [0, 0.05) is 49.8 Å². The van der Waals surface area contributed by atoms with Gasteiger partial charge < -0.3 is 9.42 Å². The molecule has 0 aliphatic carbocycles. The Bertz CT molecular complexity index is 921. The van der Waals surface area contributed by atoms with E-state index in [-0.39, 0.29) is 0 Å². The van der Waals surface area contributed by atoms with Crippen LogP contribution in [0.15, 0.2) is 53.3 Å². The van der Waals surface area contributed by atoms with Gasteiger partial charge >= 0.3 is 6.18 Å². The fourth-order valence-corrected chi connectivity index (χ4v) is 3.17. The van der Waals surface area contributed by atoms with Crippen LogP contribution in [0.4, 0.5) is 18.9 Å². The second kappa shape index (κ2) is 7.59. The molecule has 1 aliphatic heterocycles. The number of nitrogens with zero attached hydrogens (tertiary/aromatic N) is 5. The van der Waals surface area contributed by atoms with Crippen LogP contribution in [0.2, 0.25) is 0 Å². The van der Waals surface area contributed by atoms with Gasteiger partial charge in [0.05, 0.1) is 12.1 Å². The summed E-state index contributed by atoms with van der Waals surface area (Å²) in [5, 5.41) is 3.98. The molecule has 0 amide bonds. The lowest BCUT2D eigenvalue weighted by Crippen LogP contribution is -2.46. The van der Waals surface area contributed by atoms with E-state index in [1.165, 1.54) is 12.1 Å². The minimum Gasteiger partial charge on any atom is -0.369 e. The SMILES string of the molecule is FC(F)(F)c1cccc(N2CCN(Cc3nc(-c4cccnc4)no3)CC2)c1. The summed E-state index contributed by atoms with van der Waals surface area (Å²) in [4.78, 5) is 12.5. The van der Waals surface area contributed by atoms with Gasteiger partial charge in [-0.25, -0.2) is 0 Å². The second-order valence-corrected chi connectivity index (χ2v) is 6.56. The lowest BCUT2D eigenvalue weighted by Gasteiger charge is -2.35. The summed E-state index contributed by atoms with van der Waals surface area (Å²) in [5.74, 6) is 0.997. The minimum absolute atomic E-state index is 0.491. The summed E-state index contributed by atoms with van der Waals surface area (Å²) in [6, 6.07) is 9.11. The molecule has 3 heterocycles. The van der Waals surface area contributed by atoms with E-state index in [9.17, 15) is 13.2 Å². The van der Waals surface area contributed by atoms with Crippen LogP contribution in [0.3, 0.4) is 0 Å². The summed E-state index contributed by atoms with van der Waals surface area (Å²) in [7, 11) is 0. The summed E-state index contributed by atoms with van der Waals surface area (Å²) >= 11 is 0. The van der Waals surface area contributed by atoms with Crippen molar-refractivity contribution in [2.45, 2.75) is 12.7 Å². The molecule has 1 saturated heterocycles. The van der Waals surface area contributed by atoms with E-state index in [4.69, 9.17) is 4.52 Å². The van der Waals surface area contributed by atoms with E-state index >= 15 is 0 Å². The van der Waals surface area contributed by atoms with Crippen LogP contribution in [0.25, 0.3) is 11.4 Å². The van der Waals surface area contributed by atoms with Gasteiger partial charge in [0.25, 0.3) is 0 Å². The van der Waals surface area contributed by atoms with Crippen LogP contribution in [0.1, 0.15) is 11.5 Å². The lowest BCUT2D eigenvalue weighted by molar-refractivity contribution is -0.137. The highest BCUT2D eigenvalue weighted by molar-refractivity contribution is 5.52. The zero-order valence-electron chi connectivity index (χ0n) is 14.9. The maximum absolute atomic E-state index is 12.9. The molecule has 1 aliphatic rings. The molecular weight excluding hydrogens is 371 g/mol. The van der Waals surface area contributed by atoms with Crippen molar-refractivity contribution in [3.63, 3.8) is 0 Å². The average molecular weight is 389 g/mol. The number of hydrogen-bond donors (Lipinski definition) is 0. The van der Waals surface area contributed by atoms with Crippen LogP contribution in [0.5, 0.6) is 0 Å². The van der Waals surface area contributed by atoms with Crippen LogP contribution < -0.4 is 4.90 Å². The van der Waals surface area contributed by atoms with Crippen LogP contribution in [-0.2, 0) is 12.7 Å². The Balaban J connectivity index is 1.36. The van der Waals surface area contributed by atoms with E-state index in [0.29, 0.717) is 50.1 Å². The maximum Gasteiger partial charge on any atom is 0.416 e. The first-order chi connectivity index (χ1) is 13.5. The number of piperazine rings is 1. The lowest BCUT2D eigenvalue weighted by atomic mass is 10.1. The summed E-state index contributed by atoms with van der Waals surface area (Å²) in [6.45, 7) is 3.15. The predicted molar refractivity (Wildman–Crippen MR) is 96.5 cm³/mol. The molecule has 0 N–H and O–H groups in total. The van der Waals surface area contributed by atoms with Gasteiger partial charge in [-0.2, -0.15) is 18.2 Å². The first kappa shape index (κ1) is 18.4. The third-order valence-corrected chi connectivity index (χ3v) is 4.66. The van der Waals surface area contributed by atoms with Crippen LogP contribution in [0, 0.1) is 0 Å². The Labute approximate surface area is 159 Å². The molecule has 9 heteroatoms. The summed E-state index contributed by atoms with van der Waals surface area (Å²) in [6.07, 6.45) is -0.987. The van der Waals surface area contributed by atoms with E-state index in [1.54, 1.807) is 24.5 Å². The fraction of sp³-hybridized carbons (Fsp3) is 0.316. The third kappa shape index (κ3) is 4.14. The van der Waals surface area contributed by atoms with Crippen molar-refractivity contribution in [1.82, 2.24) is 20.0 Å². The second-order valence-electron chi connectivity index (χ2n) is 6.56. The van der Waals surface area contributed by atoms with Gasteiger partial charge in [-0.15, -0.1) is 0 Å². The molecular formula is C19H18F3N5O. The Kier molecular flexibility index (Phi) is 4.99. The number of hydrogen-bond acceptors (Lipinski definition) is 6. The predicted octanol–water partition coefficient (Wildman–Crippen LogP) is 3.47. The smallest absolute Gasteiger partial charge is 0.369 e. The van der Waals surface area contributed by atoms with Crippen molar-refractivity contribution in [2.24, 2.45) is 0 Å². The first-order valence-electron chi connectivity index (χ1n) is 8.86. The number of rotatable bonds is 4. The number of benzene rings is 1. The fourth-order valence-electron chi connectivity index (χ4n) is 3.17. The molecule has 0 saturated carbocycles. The highest BCUT2D eigenvalue weighted by Gasteiger charge is 2.31. The molecule has 28 heavy (non-hydrogen) atoms. The van der Waals surface area contributed by atoms with Crippen molar-refractivity contribution in [3.05, 3.63) is 60.2 Å². The van der Waals surface area contributed by atoms with Gasteiger partial charge in [-0.05, 0) is 30.3 Å². The van der Waals surface area contributed by atoms with Gasteiger partial charge in [-0.1, -0.05) is 11.2 Å².